The second-order valence-corrected chi connectivity index (χ2v) is 10.4. The molecule has 0 aromatic heterocycles. The molecular weight excluding hydrogens is 487 g/mol. The predicted molar refractivity (Wildman–Crippen MR) is 146 cm³/mol. The number of halogens is 2. The number of piperazine rings is 1. The number of hydrogen-bond donors (Lipinski definition) is 0. The first-order valence-electron chi connectivity index (χ1n) is 13.8. The number of benzene rings is 2. The fraction of sp³-hybridized carbons (Fsp3) is 0.600. The lowest BCUT2D eigenvalue weighted by molar-refractivity contribution is -0.937. The number of rotatable bonds is 14. The molecule has 0 radical (unpaired) electrons. The first-order chi connectivity index (χ1) is 16.6. The van der Waals surface area contributed by atoms with Gasteiger partial charge in [0, 0.05) is 50.4 Å². The summed E-state index contributed by atoms with van der Waals surface area (Å²) in [4.78, 5) is 5.43. The molecule has 204 valence electrons. The lowest BCUT2D eigenvalue weighted by Crippen LogP contribution is -3.00. The Morgan fingerprint density at radius 3 is 1.11 bits per heavy atom. The first kappa shape index (κ1) is 32.9. The van der Waals surface area contributed by atoms with Gasteiger partial charge < -0.3 is 33.8 Å². The number of likely N-dealkylation sites (N-methyl/N-ethyl adjacent to an activating group) is 2. The summed E-state index contributed by atoms with van der Waals surface area (Å²) < 4.78 is 2.38. The normalized spacial score (nSPS) is 15.2. The number of quaternary nitrogens is 2. The van der Waals surface area contributed by atoms with Crippen molar-refractivity contribution in [2.45, 2.75) is 40.8 Å². The second kappa shape index (κ2) is 16.7. The predicted octanol–water partition coefficient (Wildman–Crippen LogP) is -1.27. The third-order valence-electron chi connectivity index (χ3n) is 8.65. The molecule has 1 aliphatic rings. The van der Waals surface area contributed by atoms with Gasteiger partial charge in [-0.3, -0.25) is 9.80 Å². The van der Waals surface area contributed by atoms with Gasteiger partial charge in [0.15, 0.2) is 0 Å². The summed E-state index contributed by atoms with van der Waals surface area (Å²) in [6, 6.07) is 22.1. The van der Waals surface area contributed by atoms with Crippen LogP contribution in [0.1, 0.15) is 38.8 Å². The smallest absolute Gasteiger partial charge is 0.104 e. The molecule has 1 fully saturated rings. The maximum Gasteiger partial charge on any atom is 0.104 e. The Morgan fingerprint density at radius 1 is 0.528 bits per heavy atom. The maximum absolute atomic E-state index is 2.71. The lowest BCUT2D eigenvalue weighted by atomic mass is 10.1. The minimum Gasteiger partial charge on any atom is -1.00 e. The van der Waals surface area contributed by atoms with Crippen LogP contribution in [0.15, 0.2) is 60.7 Å². The van der Waals surface area contributed by atoms with Gasteiger partial charge in [0.2, 0.25) is 0 Å². The van der Waals surface area contributed by atoms with Gasteiger partial charge in [-0.2, -0.15) is 0 Å². The highest BCUT2D eigenvalue weighted by Crippen LogP contribution is 2.17. The highest BCUT2D eigenvalue weighted by molar-refractivity contribution is 5.14. The van der Waals surface area contributed by atoms with Gasteiger partial charge >= 0.3 is 0 Å². The minimum atomic E-state index is 0. The Balaban J connectivity index is 0.00000324. The highest BCUT2D eigenvalue weighted by atomic mass is 35.5. The van der Waals surface area contributed by atoms with E-state index in [-0.39, 0.29) is 24.8 Å². The fourth-order valence-electron chi connectivity index (χ4n) is 5.57. The zero-order valence-electron chi connectivity index (χ0n) is 23.2. The van der Waals surface area contributed by atoms with Gasteiger partial charge in [0.1, 0.15) is 13.1 Å². The van der Waals surface area contributed by atoms with Gasteiger partial charge in [-0.1, -0.05) is 60.7 Å². The monoisotopic (exact) mass is 536 g/mol. The summed E-state index contributed by atoms with van der Waals surface area (Å²) in [5.74, 6) is 0. The first-order valence-corrected chi connectivity index (χ1v) is 13.8. The van der Waals surface area contributed by atoms with E-state index in [1.54, 1.807) is 0 Å². The van der Waals surface area contributed by atoms with Crippen LogP contribution < -0.4 is 24.8 Å². The van der Waals surface area contributed by atoms with Crippen LogP contribution in [0.25, 0.3) is 0 Å². The molecule has 0 bridgehead atoms. The molecule has 1 aliphatic heterocycles. The molecule has 0 amide bonds. The summed E-state index contributed by atoms with van der Waals surface area (Å²) in [6.45, 7) is 26.4. The van der Waals surface area contributed by atoms with E-state index >= 15 is 0 Å². The van der Waals surface area contributed by atoms with E-state index in [1.165, 1.54) is 98.6 Å². The largest absolute Gasteiger partial charge is 1.00 e. The lowest BCUT2D eigenvalue weighted by Gasteiger charge is -2.42. The molecule has 1 saturated heterocycles. The van der Waals surface area contributed by atoms with Crippen molar-refractivity contribution in [2.24, 2.45) is 0 Å². The molecule has 0 aliphatic carbocycles. The van der Waals surface area contributed by atoms with Gasteiger partial charge in [-0.05, 0) is 27.7 Å². The van der Waals surface area contributed by atoms with Crippen molar-refractivity contribution in [2.75, 3.05) is 78.5 Å². The van der Waals surface area contributed by atoms with Crippen molar-refractivity contribution in [1.29, 1.82) is 0 Å². The molecule has 0 atom stereocenters. The van der Waals surface area contributed by atoms with Crippen LogP contribution in [-0.4, -0.2) is 97.3 Å². The summed E-state index contributed by atoms with van der Waals surface area (Å²) in [7, 11) is 0. The summed E-state index contributed by atoms with van der Waals surface area (Å²) in [6.07, 6.45) is 0. The van der Waals surface area contributed by atoms with E-state index in [0.717, 1.165) is 13.1 Å². The van der Waals surface area contributed by atoms with Crippen LogP contribution in [0, 0.1) is 0 Å². The average Bonchev–Trinajstić information content (AvgIpc) is 2.91. The minimum absolute atomic E-state index is 0. The molecule has 1 heterocycles. The Kier molecular flexibility index (Phi) is 15.2. The zero-order chi connectivity index (χ0) is 24.3. The molecule has 3 rings (SSSR count). The van der Waals surface area contributed by atoms with Crippen LogP contribution in [0.3, 0.4) is 0 Å². The zero-order valence-corrected chi connectivity index (χ0v) is 24.7. The number of hydrogen-bond acceptors (Lipinski definition) is 2. The third-order valence-corrected chi connectivity index (χ3v) is 8.65. The summed E-state index contributed by atoms with van der Waals surface area (Å²) >= 11 is 0. The van der Waals surface area contributed by atoms with Crippen molar-refractivity contribution < 1.29 is 33.8 Å². The van der Waals surface area contributed by atoms with Gasteiger partial charge in [0.25, 0.3) is 0 Å². The molecule has 0 saturated carbocycles. The van der Waals surface area contributed by atoms with E-state index in [4.69, 9.17) is 0 Å². The Labute approximate surface area is 234 Å². The Hall–Kier alpha value is -1.14. The molecule has 36 heavy (non-hydrogen) atoms. The summed E-state index contributed by atoms with van der Waals surface area (Å²) in [5, 5.41) is 0. The van der Waals surface area contributed by atoms with Crippen molar-refractivity contribution >= 4 is 0 Å². The van der Waals surface area contributed by atoms with Crippen LogP contribution in [-0.2, 0) is 13.1 Å². The molecule has 6 heteroatoms. The average molecular weight is 538 g/mol. The van der Waals surface area contributed by atoms with Crippen molar-refractivity contribution in [3.63, 3.8) is 0 Å². The van der Waals surface area contributed by atoms with E-state index in [2.05, 4.69) is 98.2 Å². The van der Waals surface area contributed by atoms with E-state index < -0.39 is 0 Å². The van der Waals surface area contributed by atoms with E-state index in [9.17, 15) is 0 Å². The van der Waals surface area contributed by atoms with Crippen LogP contribution in [0.2, 0.25) is 0 Å². The molecule has 2 aromatic carbocycles. The highest BCUT2D eigenvalue weighted by Gasteiger charge is 2.28. The van der Waals surface area contributed by atoms with Crippen LogP contribution in [0.5, 0.6) is 0 Å². The van der Waals surface area contributed by atoms with Crippen molar-refractivity contribution in [1.82, 2.24) is 9.80 Å². The van der Waals surface area contributed by atoms with Gasteiger partial charge in [0.05, 0.1) is 39.3 Å². The Morgan fingerprint density at radius 2 is 0.833 bits per heavy atom. The van der Waals surface area contributed by atoms with Crippen molar-refractivity contribution in [3.8, 4) is 0 Å². The molecular formula is C30H50Cl2N4. The van der Waals surface area contributed by atoms with Gasteiger partial charge in [-0.25, -0.2) is 0 Å². The van der Waals surface area contributed by atoms with Gasteiger partial charge in [-0.15, -0.1) is 0 Å². The van der Waals surface area contributed by atoms with E-state index in [1.807, 2.05) is 0 Å². The topological polar surface area (TPSA) is 6.48 Å². The molecule has 4 nitrogen and oxygen atoms in total. The van der Waals surface area contributed by atoms with Crippen LogP contribution >= 0.6 is 0 Å². The fourth-order valence-corrected chi connectivity index (χ4v) is 5.57. The molecule has 0 spiro atoms. The Bertz CT molecular complexity index is 733. The maximum atomic E-state index is 2.71. The third kappa shape index (κ3) is 9.63. The molecule has 2 aromatic rings. The molecule has 0 unspecified atom stereocenters. The van der Waals surface area contributed by atoms with E-state index in [0.29, 0.717) is 0 Å². The second-order valence-electron chi connectivity index (χ2n) is 10.4. The SMILES string of the molecule is CC[N+](CC)(CCN1CCN(CC[N+](CC)(CC)Cc2ccccc2)CC1)Cc1ccccc1.[Cl-].[Cl-]. The number of nitrogens with zero attached hydrogens (tertiary/aromatic N) is 4. The van der Waals surface area contributed by atoms with Crippen LogP contribution in [0.4, 0.5) is 0 Å². The standard InChI is InChI=1S/C30H50N4.2ClH/c1-5-33(6-2,27-29-15-11-9-12-16-29)25-23-31-19-21-32(22-20-31)24-26-34(7-3,8-4)28-30-17-13-10-14-18-30;;/h9-18H,5-8,19-28H2,1-4H3;2*1H/q+2;;/p-2. The quantitative estimate of drug-likeness (QED) is 0.278. The molecule has 0 N–H and O–H groups in total. The summed E-state index contributed by atoms with van der Waals surface area (Å²) in [5.41, 5.74) is 2.94. The van der Waals surface area contributed by atoms with Crippen molar-refractivity contribution in [3.05, 3.63) is 71.8 Å².